The molecule has 0 amide bonds. The lowest BCUT2D eigenvalue weighted by Gasteiger charge is -2.28. The Kier molecular flexibility index (Phi) is 4.28. The molecule has 0 bridgehead atoms. The quantitative estimate of drug-likeness (QED) is 0.810. The van der Waals surface area contributed by atoms with Gasteiger partial charge in [0.1, 0.15) is 5.92 Å². The molecule has 20 heavy (non-hydrogen) atoms. The Bertz CT molecular complexity index is 547. The first-order valence-electron chi connectivity index (χ1n) is 7.55. The molecule has 0 aliphatic heterocycles. The minimum absolute atomic E-state index is 0.142. The Labute approximate surface area is 121 Å². The maximum atomic E-state index is 12.9. The topological polar surface area (TPSA) is 40.9 Å². The van der Waals surface area contributed by atoms with Crippen LogP contribution in [0.2, 0.25) is 0 Å². The van der Waals surface area contributed by atoms with Gasteiger partial charge in [-0.25, -0.2) is 0 Å². The van der Waals surface area contributed by atoms with E-state index < -0.39 is 5.92 Å². The van der Waals surface area contributed by atoms with Crippen LogP contribution in [0.4, 0.5) is 0 Å². The maximum absolute atomic E-state index is 12.9. The van der Waals surface area contributed by atoms with Crippen LogP contribution in [0.1, 0.15) is 61.6 Å². The predicted molar refractivity (Wildman–Crippen MR) is 80.5 cm³/mol. The molecule has 1 aromatic carbocycles. The fraction of sp³-hybridized carbons (Fsp3) is 0.556. The first-order chi connectivity index (χ1) is 9.54. The molecule has 1 fully saturated rings. The average Bonchev–Trinajstić information content (AvgIpc) is 2.93. The van der Waals surface area contributed by atoms with Crippen LogP contribution in [0.5, 0.6) is 0 Å². The summed E-state index contributed by atoms with van der Waals surface area (Å²) >= 11 is 0. The van der Waals surface area contributed by atoms with Gasteiger partial charge < -0.3 is 0 Å². The van der Waals surface area contributed by atoms with Crippen LogP contribution in [-0.4, -0.2) is 5.78 Å². The number of carbonyl (C=O) groups is 1. The first-order valence-corrected chi connectivity index (χ1v) is 7.55. The van der Waals surface area contributed by atoms with Crippen molar-refractivity contribution in [3.63, 3.8) is 0 Å². The van der Waals surface area contributed by atoms with E-state index >= 15 is 0 Å². The zero-order chi connectivity index (χ0) is 14.8. The lowest BCUT2D eigenvalue weighted by Crippen LogP contribution is -2.31. The fourth-order valence-corrected chi connectivity index (χ4v) is 3.36. The smallest absolute Gasteiger partial charge is 0.160 e. The van der Waals surface area contributed by atoms with Gasteiger partial charge in [0.2, 0.25) is 0 Å². The van der Waals surface area contributed by atoms with E-state index in [1.54, 1.807) is 0 Å². The second-order valence-corrected chi connectivity index (χ2v) is 6.11. The van der Waals surface area contributed by atoms with Gasteiger partial charge in [0, 0.05) is 5.41 Å². The van der Waals surface area contributed by atoms with Crippen molar-refractivity contribution in [1.29, 1.82) is 5.26 Å². The number of Topliss-reactive ketones (excluding diaryl/α,β-unsaturated/α-hetero) is 1. The molecule has 0 spiro atoms. The summed E-state index contributed by atoms with van der Waals surface area (Å²) < 4.78 is 0. The SMILES string of the molecule is CCC1(C(=O)C(C#N)c2ccc(C)c(C)c2)CCCC1. The van der Waals surface area contributed by atoms with E-state index in [1.165, 1.54) is 5.56 Å². The number of carbonyl (C=O) groups excluding carboxylic acids is 1. The Hall–Kier alpha value is -1.62. The number of nitrogens with zero attached hydrogens (tertiary/aromatic N) is 1. The van der Waals surface area contributed by atoms with Crippen LogP contribution in [0.3, 0.4) is 0 Å². The highest BCUT2D eigenvalue weighted by Crippen LogP contribution is 2.45. The minimum Gasteiger partial charge on any atom is -0.297 e. The molecule has 2 rings (SSSR count). The summed E-state index contributed by atoms with van der Waals surface area (Å²) in [6, 6.07) is 8.20. The van der Waals surface area contributed by atoms with Crippen molar-refractivity contribution in [1.82, 2.24) is 0 Å². The molecule has 0 N–H and O–H groups in total. The molecule has 2 heteroatoms. The van der Waals surface area contributed by atoms with Crippen molar-refractivity contribution in [2.75, 3.05) is 0 Å². The predicted octanol–water partition coefficient (Wildman–Crippen LogP) is 4.45. The molecule has 1 aromatic rings. The number of ketones is 1. The summed E-state index contributed by atoms with van der Waals surface area (Å²) in [4.78, 5) is 12.9. The van der Waals surface area contributed by atoms with E-state index in [0.29, 0.717) is 0 Å². The van der Waals surface area contributed by atoms with Crippen molar-refractivity contribution in [2.24, 2.45) is 5.41 Å². The van der Waals surface area contributed by atoms with E-state index in [0.717, 1.165) is 43.2 Å². The van der Waals surface area contributed by atoms with Crippen LogP contribution in [0.15, 0.2) is 18.2 Å². The zero-order valence-corrected chi connectivity index (χ0v) is 12.7. The number of hydrogen-bond donors (Lipinski definition) is 0. The molecule has 1 atom stereocenters. The number of hydrogen-bond acceptors (Lipinski definition) is 2. The molecule has 1 unspecified atom stereocenters. The van der Waals surface area contributed by atoms with Crippen molar-refractivity contribution in [3.05, 3.63) is 34.9 Å². The molecule has 0 aromatic heterocycles. The third-order valence-electron chi connectivity index (χ3n) is 5.02. The molecule has 0 saturated heterocycles. The van der Waals surface area contributed by atoms with Gasteiger partial charge in [0.25, 0.3) is 0 Å². The van der Waals surface area contributed by atoms with E-state index in [1.807, 2.05) is 32.0 Å². The summed E-state index contributed by atoms with van der Waals surface area (Å²) in [6.45, 7) is 6.16. The average molecular weight is 269 g/mol. The lowest BCUT2D eigenvalue weighted by molar-refractivity contribution is -0.129. The molecule has 1 aliphatic carbocycles. The normalized spacial score (nSPS) is 18.5. The highest BCUT2D eigenvalue weighted by atomic mass is 16.1. The fourth-order valence-electron chi connectivity index (χ4n) is 3.36. The zero-order valence-electron chi connectivity index (χ0n) is 12.7. The number of rotatable bonds is 4. The Morgan fingerprint density at radius 2 is 1.95 bits per heavy atom. The van der Waals surface area contributed by atoms with Crippen LogP contribution >= 0.6 is 0 Å². The van der Waals surface area contributed by atoms with Crippen LogP contribution in [0, 0.1) is 30.6 Å². The third-order valence-corrected chi connectivity index (χ3v) is 5.02. The molecule has 106 valence electrons. The van der Waals surface area contributed by atoms with E-state index in [9.17, 15) is 10.1 Å². The summed E-state index contributed by atoms with van der Waals surface area (Å²) in [5.74, 6) is -0.462. The maximum Gasteiger partial charge on any atom is 0.160 e. The molecule has 1 aliphatic rings. The standard InChI is InChI=1S/C18H23NO/c1-4-18(9-5-6-10-18)17(20)16(12-19)15-8-7-13(2)14(3)11-15/h7-8,11,16H,4-6,9-10H2,1-3H3. The Morgan fingerprint density at radius 3 is 2.45 bits per heavy atom. The second kappa shape index (κ2) is 5.79. The van der Waals surface area contributed by atoms with Gasteiger partial charge in [0.15, 0.2) is 5.78 Å². The van der Waals surface area contributed by atoms with Gasteiger partial charge >= 0.3 is 0 Å². The molecular formula is C18H23NO. The second-order valence-electron chi connectivity index (χ2n) is 6.11. The largest absolute Gasteiger partial charge is 0.297 e. The Balaban J connectivity index is 2.34. The molecule has 2 nitrogen and oxygen atoms in total. The summed E-state index contributed by atoms with van der Waals surface area (Å²) in [7, 11) is 0. The monoisotopic (exact) mass is 269 g/mol. The van der Waals surface area contributed by atoms with Crippen molar-refractivity contribution in [3.8, 4) is 6.07 Å². The number of benzene rings is 1. The van der Waals surface area contributed by atoms with E-state index in [4.69, 9.17) is 0 Å². The Morgan fingerprint density at radius 1 is 1.30 bits per heavy atom. The molecule has 0 radical (unpaired) electrons. The minimum atomic E-state index is -0.604. The van der Waals surface area contributed by atoms with Gasteiger partial charge in [-0.2, -0.15) is 5.26 Å². The van der Waals surface area contributed by atoms with Crippen LogP contribution in [-0.2, 0) is 4.79 Å². The number of aryl methyl sites for hydroxylation is 2. The van der Waals surface area contributed by atoms with Crippen molar-refractivity contribution >= 4 is 5.78 Å². The van der Waals surface area contributed by atoms with Gasteiger partial charge in [0.05, 0.1) is 6.07 Å². The summed E-state index contributed by atoms with van der Waals surface area (Å²) in [5, 5.41) is 9.51. The van der Waals surface area contributed by atoms with Gasteiger partial charge in [-0.15, -0.1) is 0 Å². The van der Waals surface area contributed by atoms with Gasteiger partial charge in [-0.05, 0) is 49.8 Å². The lowest BCUT2D eigenvalue weighted by atomic mass is 9.73. The van der Waals surface area contributed by atoms with Crippen LogP contribution in [0.25, 0.3) is 0 Å². The van der Waals surface area contributed by atoms with Gasteiger partial charge in [-0.1, -0.05) is 38.0 Å². The molecule has 1 saturated carbocycles. The first kappa shape index (κ1) is 14.8. The summed E-state index contributed by atoms with van der Waals surface area (Å²) in [5.41, 5.74) is 2.95. The van der Waals surface area contributed by atoms with E-state index in [2.05, 4.69) is 13.0 Å². The third kappa shape index (κ3) is 2.50. The van der Waals surface area contributed by atoms with E-state index in [-0.39, 0.29) is 11.2 Å². The molecular weight excluding hydrogens is 246 g/mol. The van der Waals surface area contributed by atoms with Crippen molar-refractivity contribution < 1.29 is 4.79 Å². The van der Waals surface area contributed by atoms with Crippen LogP contribution < -0.4 is 0 Å². The van der Waals surface area contributed by atoms with Crippen molar-refractivity contribution in [2.45, 2.75) is 58.8 Å². The highest BCUT2D eigenvalue weighted by Gasteiger charge is 2.43. The number of nitriles is 1. The summed E-state index contributed by atoms with van der Waals surface area (Å²) in [6.07, 6.45) is 4.99. The van der Waals surface area contributed by atoms with Gasteiger partial charge in [-0.3, -0.25) is 4.79 Å². The highest BCUT2D eigenvalue weighted by molar-refractivity contribution is 5.93. The molecule has 0 heterocycles.